The molecule has 0 unspecified atom stereocenters. The van der Waals surface area contributed by atoms with Crippen molar-refractivity contribution in [1.82, 2.24) is 40.2 Å². The Morgan fingerprint density at radius 1 is 1.13 bits per heavy atom. The molecule has 0 aliphatic heterocycles. The van der Waals surface area contributed by atoms with E-state index in [1.165, 1.54) is 18.4 Å². The molecule has 1 saturated carbocycles. The van der Waals surface area contributed by atoms with Gasteiger partial charge in [0.25, 0.3) is 0 Å². The van der Waals surface area contributed by atoms with E-state index in [2.05, 4.69) is 54.9 Å². The number of H-pyrrole nitrogens is 1. The molecule has 2 aliphatic carbocycles. The van der Waals surface area contributed by atoms with Crippen LogP contribution in [-0.4, -0.2) is 40.8 Å². The van der Waals surface area contributed by atoms with E-state index in [9.17, 15) is 4.79 Å². The largest absolute Gasteiger partial charge is 0.341 e. The lowest BCUT2D eigenvalue weighted by atomic mass is 9.85. The maximum absolute atomic E-state index is 12.9. The second-order valence-corrected chi connectivity index (χ2v) is 11.6. The third-order valence-corrected chi connectivity index (χ3v) is 7.55. The van der Waals surface area contributed by atoms with E-state index in [4.69, 9.17) is 9.51 Å². The molecule has 1 fully saturated rings. The molecule has 1 atom stereocenters. The van der Waals surface area contributed by atoms with Crippen molar-refractivity contribution in [3.63, 3.8) is 0 Å². The van der Waals surface area contributed by atoms with Crippen LogP contribution in [0.4, 0.5) is 0 Å². The second-order valence-electron chi connectivity index (χ2n) is 11.6. The summed E-state index contributed by atoms with van der Waals surface area (Å²) in [5, 5.41) is 11.6. The molecule has 0 spiro atoms. The van der Waals surface area contributed by atoms with Gasteiger partial charge in [-0.1, -0.05) is 44.1 Å². The molecule has 10 heteroatoms. The van der Waals surface area contributed by atoms with Crippen LogP contribution >= 0.6 is 0 Å². The molecular formula is C29H30N8O2. The van der Waals surface area contributed by atoms with Crippen LogP contribution in [0.1, 0.15) is 86.2 Å². The Hall–Kier alpha value is -4.34. The maximum atomic E-state index is 12.9. The monoisotopic (exact) mass is 522 g/mol. The van der Waals surface area contributed by atoms with Gasteiger partial charge in [0.1, 0.15) is 5.82 Å². The van der Waals surface area contributed by atoms with Gasteiger partial charge in [0.05, 0.1) is 29.4 Å². The zero-order valence-corrected chi connectivity index (χ0v) is 22.2. The van der Waals surface area contributed by atoms with Crippen LogP contribution in [0.25, 0.3) is 33.7 Å². The molecule has 4 heterocycles. The molecule has 2 N–H and O–H groups in total. The van der Waals surface area contributed by atoms with Gasteiger partial charge in [-0.2, -0.15) is 10.1 Å². The first-order valence-corrected chi connectivity index (χ1v) is 13.5. The quantitative estimate of drug-likeness (QED) is 0.320. The number of nitrogens with one attached hydrogen (secondary N) is 2. The van der Waals surface area contributed by atoms with Gasteiger partial charge in [-0.05, 0) is 54.9 Å². The standard InChI is InChI=1S/C29H30N8O2/c1-29(2,3)28-35-27(39-36-28)26(38)32-22-6-4-5-16-13-17(7-10-20(16)22)21-11-12-30-25-23(21)33-24(34-25)18-14-31-37(15-18)19-8-9-19/h7,10-15,19,22H,4-6,8-9H2,1-3H3,(H,32,38)(H,30,33,34)/t22-/m1/s1. The van der Waals surface area contributed by atoms with Crippen LogP contribution < -0.4 is 5.32 Å². The van der Waals surface area contributed by atoms with Crippen molar-refractivity contribution in [1.29, 1.82) is 0 Å². The predicted octanol–water partition coefficient (Wildman–Crippen LogP) is 5.31. The summed E-state index contributed by atoms with van der Waals surface area (Å²) in [5.74, 6) is 0.947. The highest BCUT2D eigenvalue weighted by atomic mass is 16.5. The lowest BCUT2D eigenvalue weighted by Gasteiger charge is -2.26. The Morgan fingerprint density at radius 2 is 2.00 bits per heavy atom. The summed E-state index contributed by atoms with van der Waals surface area (Å²) >= 11 is 0. The summed E-state index contributed by atoms with van der Waals surface area (Å²) in [4.78, 5) is 30.0. The average Bonchev–Trinajstić information content (AvgIpc) is 3.32. The summed E-state index contributed by atoms with van der Waals surface area (Å²) < 4.78 is 7.28. The molecule has 5 aromatic rings. The molecule has 7 rings (SSSR count). The van der Waals surface area contributed by atoms with Gasteiger partial charge in [0.15, 0.2) is 11.5 Å². The van der Waals surface area contributed by atoms with Gasteiger partial charge < -0.3 is 14.8 Å². The van der Waals surface area contributed by atoms with Gasteiger partial charge in [0, 0.05) is 23.4 Å². The summed E-state index contributed by atoms with van der Waals surface area (Å²) in [6.07, 6.45) is 10.9. The molecule has 1 aromatic carbocycles. The zero-order valence-electron chi connectivity index (χ0n) is 22.2. The summed E-state index contributed by atoms with van der Waals surface area (Å²) in [6, 6.07) is 8.87. The van der Waals surface area contributed by atoms with Crippen molar-refractivity contribution < 1.29 is 9.32 Å². The van der Waals surface area contributed by atoms with E-state index in [0.717, 1.165) is 52.9 Å². The van der Waals surface area contributed by atoms with Crippen LogP contribution in [0.3, 0.4) is 0 Å². The third kappa shape index (κ3) is 4.39. The van der Waals surface area contributed by atoms with Gasteiger partial charge in [-0.15, -0.1) is 0 Å². The Morgan fingerprint density at radius 3 is 2.79 bits per heavy atom. The number of nitrogens with zero attached hydrogens (tertiary/aromatic N) is 6. The molecule has 198 valence electrons. The number of amides is 1. The SMILES string of the molecule is CC(C)(C)c1noc(C(=O)N[C@@H]2CCCc3cc(-c4ccnc5nc(-c6cnn(C7CC7)c6)[nH]c45)ccc32)n1. The minimum atomic E-state index is -0.342. The van der Waals surface area contributed by atoms with E-state index in [-0.39, 0.29) is 23.3 Å². The third-order valence-electron chi connectivity index (χ3n) is 7.55. The highest BCUT2D eigenvalue weighted by molar-refractivity contribution is 5.92. The van der Waals surface area contributed by atoms with E-state index in [0.29, 0.717) is 17.5 Å². The molecule has 1 amide bonds. The Bertz CT molecular complexity index is 1700. The molecule has 0 radical (unpaired) electrons. The normalized spacial score (nSPS) is 17.4. The summed E-state index contributed by atoms with van der Waals surface area (Å²) in [7, 11) is 0. The van der Waals surface area contributed by atoms with Crippen molar-refractivity contribution in [2.75, 3.05) is 0 Å². The second kappa shape index (κ2) is 8.86. The molecule has 4 aromatic heterocycles. The zero-order chi connectivity index (χ0) is 26.7. The van der Waals surface area contributed by atoms with Gasteiger partial charge in [-0.25, -0.2) is 9.97 Å². The first kappa shape index (κ1) is 23.8. The number of hydrogen-bond donors (Lipinski definition) is 2. The van der Waals surface area contributed by atoms with E-state index >= 15 is 0 Å². The van der Waals surface area contributed by atoms with Gasteiger partial charge in [0.2, 0.25) is 0 Å². The lowest BCUT2D eigenvalue weighted by Crippen LogP contribution is -2.31. The number of aromatic amines is 1. The highest BCUT2D eigenvalue weighted by Gasteiger charge is 2.28. The van der Waals surface area contributed by atoms with Crippen LogP contribution in [0.15, 0.2) is 47.4 Å². The van der Waals surface area contributed by atoms with Gasteiger partial charge >= 0.3 is 11.8 Å². The van der Waals surface area contributed by atoms with E-state index in [1.807, 2.05) is 37.7 Å². The molecule has 10 nitrogen and oxygen atoms in total. The Balaban J connectivity index is 1.16. The lowest BCUT2D eigenvalue weighted by molar-refractivity contribution is 0.0888. The van der Waals surface area contributed by atoms with Crippen molar-refractivity contribution in [3.05, 3.63) is 65.7 Å². The van der Waals surface area contributed by atoms with Crippen molar-refractivity contribution in [2.24, 2.45) is 0 Å². The van der Waals surface area contributed by atoms with Crippen LogP contribution in [-0.2, 0) is 11.8 Å². The van der Waals surface area contributed by atoms with E-state index < -0.39 is 0 Å². The molecule has 2 aliphatic rings. The number of benzene rings is 1. The fourth-order valence-corrected chi connectivity index (χ4v) is 5.26. The van der Waals surface area contributed by atoms with Crippen LogP contribution in [0, 0.1) is 0 Å². The number of carbonyl (C=O) groups is 1. The summed E-state index contributed by atoms with van der Waals surface area (Å²) in [6.45, 7) is 5.95. The summed E-state index contributed by atoms with van der Waals surface area (Å²) in [5.41, 5.74) is 6.73. The minimum absolute atomic E-state index is 0.000528. The molecule has 0 saturated heterocycles. The number of carbonyl (C=O) groups excluding carboxylic acids is 1. The fraction of sp³-hybridized carbons (Fsp3) is 0.379. The van der Waals surface area contributed by atoms with Gasteiger partial charge in [-0.3, -0.25) is 9.48 Å². The first-order valence-electron chi connectivity index (χ1n) is 13.5. The first-order chi connectivity index (χ1) is 18.8. The van der Waals surface area contributed by atoms with Crippen molar-refractivity contribution >= 4 is 17.1 Å². The maximum Gasteiger partial charge on any atom is 0.315 e. The number of imidazole rings is 1. The number of pyridine rings is 1. The van der Waals surface area contributed by atoms with Crippen LogP contribution in [0.2, 0.25) is 0 Å². The number of hydrogen-bond acceptors (Lipinski definition) is 7. The smallest absolute Gasteiger partial charge is 0.315 e. The Kier molecular flexibility index (Phi) is 5.40. The minimum Gasteiger partial charge on any atom is -0.341 e. The van der Waals surface area contributed by atoms with Crippen molar-refractivity contribution in [2.45, 2.75) is 70.4 Å². The number of fused-ring (bicyclic) bond motifs is 2. The Labute approximate surface area is 225 Å². The number of aromatic nitrogens is 7. The van der Waals surface area contributed by atoms with Crippen molar-refractivity contribution in [3.8, 4) is 22.5 Å². The molecule has 0 bridgehead atoms. The average molecular weight is 523 g/mol. The topological polar surface area (TPSA) is 127 Å². The molecular weight excluding hydrogens is 492 g/mol. The number of rotatable bonds is 5. The predicted molar refractivity (Wildman–Crippen MR) is 145 cm³/mol. The fourth-order valence-electron chi connectivity index (χ4n) is 5.26. The highest BCUT2D eigenvalue weighted by Crippen LogP contribution is 2.37. The number of aryl methyl sites for hydroxylation is 1. The van der Waals surface area contributed by atoms with Crippen LogP contribution in [0.5, 0.6) is 0 Å². The van der Waals surface area contributed by atoms with E-state index in [1.54, 1.807) is 6.20 Å². The molecule has 39 heavy (non-hydrogen) atoms.